The smallest absolute Gasteiger partial charge is 0.225 e. The molecule has 2 rings (SSSR count). The molecule has 4 N–H and O–H groups in total. The summed E-state index contributed by atoms with van der Waals surface area (Å²) in [5.74, 6) is -0.626. The van der Waals surface area contributed by atoms with Crippen LogP contribution in [-0.4, -0.2) is 22.8 Å². The Morgan fingerprint density at radius 3 is 2.71 bits per heavy atom. The number of aromatic amines is 1. The minimum Gasteiger partial charge on any atom is -0.369 e. The maximum Gasteiger partial charge on any atom is 0.225 e. The van der Waals surface area contributed by atoms with Crippen LogP contribution < -0.4 is 11.1 Å². The zero-order valence-corrected chi connectivity index (χ0v) is 13.7. The summed E-state index contributed by atoms with van der Waals surface area (Å²) in [6, 6.07) is -0.135. The number of hydrogen-bond donors (Lipinski definition) is 3. The first-order chi connectivity index (χ1) is 9.97. The third-order valence-corrected chi connectivity index (χ3v) is 5.31. The summed E-state index contributed by atoms with van der Waals surface area (Å²) in [7, 11) is 0. The minimum absolute atomic E-state index is 0.0681. The lowest BCUT2D eigenvalue weighted by molar-refractivity contribution is -0.125. The van der Waals surface area contributed by atoms with E-state index in [-0.39, 0.29) is 23.8 Å². The molecule has 1 fully saturated rings. The summed E-state index contributed by atoms with van der Waals surface area (Å²) in [6.07, 6.45) is 5.00. The Labute approximate surface area is 133 Å². The molecule has 1 saturated carbocycles. The number of rotatable bonds is 4. The van der Waals surface area contributed by atoms with Crippen molar-refractivity contribution in [2.75, 3.05) is 0 Å². The Morgan fingerprint density at radius 2 is 2.10 bits per heavy atom. The molecule has 7 heteroatoms. The van der Waals surface area contributed by atoms with Gasteiger partial charge >= 0.3 is 0 Å². The molecule has 1 aromatic heterocycles. The van der Waals surface area contributed by atoms with Crippen molar-refractivity contribution in [3.63, 3.8) is 0 Å². The topological polar surface area (TPSA) is 88.0 Å². The van der Waals surface area contributed by atoms with E-state index >= 15 is 0 Å². The molecule has 21 heavy (non-hydrogen) atoms. The monoisotopic (exact) mass is 327 g/mol. The van der Waals surface area contributed by atoms with Crippen molar-refractivity contribution in [2.45, 2.75) is 51.5 Å². The Kier molecular flexibility index (Phi) is 5.52. The largest absolute Gasteiger partial charge is 0.369 e. The van der Waals surface area contributed by atoms with Crippen LogP contribution in [0.25, 0.3) is 0 Å². The second kappa shape index (κ2) is 7.17. The first kappa shape index (κ1) is 16.2. The van der Waals surface area contributed by atoms with Crippen LogP contribution in [0.4, 0.5) is 0 Å². The standard InChI is InChI=1S/C14H21N3O2S2/c1-8-11(21-14(20)16-8)7-12(18)17-10-6-4-2-3-5-9(10)13(15)19/h9-10H,2-7H2,1H3,(H2,15,19)(H,16,20)(H,17,18). The maximum absolute atomic E-state index is 12.2. The van der Waals surface area contributed by atoms with E-state index in [1.165, 1.54) is 11.3 Å². The molecule has 0 bridgehead atoms. The third kappa shape index (κ3) is 4.38. The molecule has 0 aliphatic heterocycles. The number of carbonyl (C=O) groups is 2. The van der Waals surface area contributed by atoms with Gasteiger partial charge in [0, 0.05) is 16.6 Å². The zero-order valence-electron chi connectivity index (χ0n) is 12.1. The van der Waals surface area contributed by atoms with Gasteiger partial charge in [0.1, 0.15) is 0 Å². The molecule has 1 heterocycles. The quantitative estimate of drug-likeness (QED) is 0.585. The van der Waals surface area contributed by atoms with Gasteiger partial charge in [0.25, 0.3) is 0 Å². The average Bonchev–Trinajstić information content (AvgIpc) is 2.61. The number of H-pyrrole nitrogens is 1. The van der Waals surface area contributed by atoms with Crippen molar-refractivity contribution in [3.05, 3.63) is 14.5 Å². The number of aromatic nitrogens is 1. The van der Waals surface area contributed by atoms with Crippen molar-refractivity contribution in [2.24, 2.45) is 11.7 Å². The van der Waals surface area contributed by atoms with E-state index in [0.717, 1.165) is 42.7 Å². The van der Waals surface area contributed by atoms with Crippen LogP contribution in [0.3, 0.4) is 0 Å². The lowest BCUT2D eigenvalue weighted by Gasteiger charge is -2.23. The SMILES string of the molecule is Cc1[nH]c(=S)sc1CC(=O)NC1CCCCCC1C(N)=O. The zero-order chi connectivity index (χ0) is 15.4. The Balaban J connectivity index is 2.01. The lowest BCUT2D eigenvalue weighted by Crippen LogP contribution is -2.45. The van der Waals surface area contributed by atoms with Gasteiger partial charge < -0.3 is 16.0 Å². The molecule has 0 aromatic carbocycles. The fourth-order valence-electron chi connectivity index (χ4n) is 2.83. The van der Waals surface area contributed by atoms with Crippen molar-refractivity contribution < 1.29 is 9.59 Å². The molecule has 0 radical (unpaired) electrons. The van der Waals surface area contributed by atoms with Crippen LogP contribution in [0.1, 0.15) is 42.7 Å². The summed E-state index contributed by atoms with van der Waals surface area (Å²) >= 11 is 6.50. The Hall–Kier alpha value is -1.21. The summed E-state index contributed by atoms with van der Waals surface area (Å²) in [5.41, 5.74) is 6.41. The minimum atomic E-state index is -0.310. The molecule has 2 amide bonds. The molecule has 116 valence electrons. The number of thiazole rings is 1. The summed E-state index contributed by atoms with van der Waals surface area (Å²) in [4.78, 5) is 27.8. The van der Waals surface area contributed by atoms with Gasteiger partial charge in [0.05, 0.1) is 12.3 Å². The summed E-state index contributed by atoms with van der Waals surface area (Å²) < 4.78 is 0.680. The first-order valence-electron chi connectivity index (χ1n) is 7.24. The van der Waals surface area contributed by atoms with E-state index in [2.05, 4.69) is 10.3 Å². The fraction of sp³-hybridized carbons (Fsp3) is 0.643. The first-order valence-corrected chi connectivity index (χ1v) is 8.47. The number of amides is 2. The molecule has 1 aliphatic carbocycles. The molecule has 2 atom stereocenters. The lowest BCUT2D eigenvalue weighted by atomic mass is 9.94. The highest BCUT2D eigenvalue weighted by Gasteiger charge is 2.29. The Morgan fingerprint density at radius 1 is 1.38 bits per heavy atom. The molecule has 0 saturated heterocycles. The third-order valence-electron chi connectivity index (χ3n) is 3.97. The number of carbonyl (C=O) groups excluding carboxylic acids is 2. The van der Waals surface area contributed by atoms with Crippen molar-refractivity contribution in [1.29, 1.82) is 0 Å². The van der Waals surface area contributed by atoms with E-state index < -0.39 is 0 Å². The van der Waals surface area contributed by atoms with E-state index in [1.54, 1.807) is 0 Å². The number of primary amides is 1. The summed E-state index contributed by atoms with van der Waals surface area (Å²) in [6.45, 7) is 1.91. The van der Waals surface area contributed by atoms with Crippen LogP contribution in [-0.2, 0) is 16.0 Å². The molecule has 5 nitrogen and oxygen atoms in total. The van der Waals surface area contributed by atoms with Gasteiger partial charge in [-0.15, -0.1) is 11.3 Å². The van der Waals surface area contributed by atoms with Gasteiger partial charge in [-0.1, -0.05) is 19.3 Å². The number of nitrogens with two attached hydrogens (primary N) is 1. The van der Waals surface area contributed by atoms with Crippen LogP contribution >= 0.6 is 23.6 Å². The normalized spacial score (nSPS) is 22.5. The van der Waals surface area contributed by atoms with Crippen LogP contribution in [0.5, 0.6) is 0 Å². The number of aryl methyl sites for hydroxylation is 1. The van der Waals surface area contributed by atoms with E-state index in [4.69, 9.17) is 18.0 Å². The van der Waals surface area contributed by atoms with Gasteiger partial charge in [0.15, 0.2) is 3.95 Å². The second-order valence-electron chi connectivity index (χ2n) is 5.56. The van der Waals surface area contributed by atoms with Crippen LogP contribution in [0, 0.1) is 16.8 Å². The van der Waals surface area contributed by atoms with E-state index in [1.807, 2.05) is 6.92 Å². The molecular weight excluding hydrogens is 306 g/mol. The number of nitrogens with one attached hydrogen (secondary N) is 2. The highest BCUT2D eigenvalue weighted by atomic mass is 32.1. The molecular formula is C14H21N3O2S2. The highest BCUT2D eigenvalue weighted by Crippen LogP contribution is 2.24. The van der Waals surface area contributed by atoms with Crippen molar-refractivity contribution in [3.8, 4) is 0 Å². The van der Waals surface area contributed by atoms with E-state index in [9.17, 15) is 9.59 Å². The summed E-state index contributed by atoms with van der Waals surface area (Å²) in [5, 5.41) is 2.99. The average molecular weight is 327 g/mol. The van der Waals surface area contributed by atoms with Gasteiger partial charge in [-0.3, -0.25) is 9.59 Å². The molecule has 0 spiro atoms. The van der Waals surface area contributed by atoms with Gasteiger partial charge in [-0.25, -0.2) is 0 Å². The fourth-order valence-corrected chi connectivity index (χ4v) is 4.12. The molecule has 2 unspecified atom stereocenters. The van der Waals surface area contributed by atoms with Crippen molar-refractivity contribution in [1.82, 2.24) is 10.3 Å². The highest BCUT2D eigenvalue weighted by molar-refractivity contribution is 7.73. The molecule has 1 aliphatic rings. The van der Waals surface area contributed by atoms with Crippen LogP contribution in [0.2, 0.25) is 0 Å². The van der Waals surface area contributed by atoms with Gasteiger partial charge in [0.2, 0.25) is 11.8 Å². The molecule has 1 aromatic rings. The number of hydrogen-bond acceptors (Lipinski definition) is 4. The van der Waals surface area contributed by atoms with E-state index in [0.29, 0.717) is 10.4 Å². The predicted octanol–water partition coefficient (Wildman–Crippen LogP) is 2.21. The van der Waals surface area contributed by atoms with Crippen LogP contribution in [0.15, 0.2) is 0 Å². The maximum atomic E-state index is 12.2. The van der Waals surface area contributed by atoms with Gasteiger partial charge in [-0.05, 0) is 32.0 Å². The predicted molar refractivity (Wildman–Crippen MR) is 85.6 cm³/mol. The second-order valence-corrected chi connectivity index (χ2v) is 7.33. The van der Waals surface area contributed by atoms with Gasteiger partial charge in [-0.2, -0.15) is 0 Å². The Bertz CT molecular complexity index is 579. The van der Waals surface area contributed by atoms with Crippen molar-refractivity contribution >= 4 is 35.4 Å².